The van der Waals surface area contributed by atoms with Crippen molar-refractivity contribution < 1.29 is 9.18 Å². The van der Waals surface area contributed by atoms with Gasteiger partial charge >= 0.3 is 0 Å². The van der Waals surface area contributed by atoms with Crippen LogP contribution in [0.1, 0.15) is 16.1 Å². The molecule has 0 aliphatic rings. The fourth-order valence-corrected chi connectivity index (χ4v) is 2.13. The summed E-state index contributed by atoms with van der Waals surface area (Å²) in [4.78, 5) is 16.2. The zero-order valence-corrected chi connectivity index (χ0v) is 11.3. The lowest BCUT2D eigenvalue weighted by molar-refractivity contribution is 0.0950. The Bertz CT molecular complexity index is 768. The van der Waals surface area contributed by atoms with Gasteiger partial charge in [0.05, 0.1) is 0 Å². The van der Waals surface area contributed by atoms with Gasteiger partial charge in [-0.15, -0.1) is 0 Å². The Morgan fingerprint density at radius 2 is 1.95 bits per heavy atom. The quantitative estimate of drug-likeness (QED) is 0.799. The lowest BCUT2D eigenvalue weighted by Crippen LogP contribution is -2.25. The lowest BCUT2D eigenvalue weighted by atomic mass is 10.1. The van der Waals surface area contributed by atoms with E-state index in [9.17, 15) is 9.18 Å². The number of benzene rings is 1. The molecule has 21 heavy (non-hydrogen) atoms. The molecule has 0 aliphatic carbocycles. The van der Waals surface area contributed by atoms with E-state index in [0.29, 0.717) is 12.2 Å². The van der Waals surface area contributed by atoms with Crippen LogP contribution in [0.3, 0.4) is 0 Å². The molecule has 0 unspecified atom stereocenters. The molecule has 0 radical (unpaired) electrons. The molecule has 0 bridgehead atoms. The monoisotopic (exact) mass is 283 g/mol. The number of carbonyl (C=O) groups is 1. The Morgan fingerprint density at radius 3 is 2.76 bits per heavy atom. The predicted octanol–water partition coefficient (Wildman–Crippen LogP) is 2.45. The van der Waals surface area contributed by atoms with Crippen LogP contribution >= 0.6 is 0 Å². The predicted molar refractivity (Wildman–Crippen MR) is 77.6 cm³/mol. The van der Waals surface area contributed by atoms with Crippen LogP contribution in [0.2, 0.25) is 0 Å². The van der Waals surface area contributed by atoms with Crippen molar-refractivity contribution in [2.45, 2.75) is 6.42 Å². The molecule has 1 aromatic carbocycles. The summed E-state index contributed by atoms with van der Waals surface area (Å²) < 4.78 is 14.6. The van der Waals surface area contributed by atoms with Crippen LogP contribution in [-0.4, -0.2) is 21.8 Å². The van der Waals surface area contributed by atoms with Gasteiger partial charge in [-0.1, -0.05) is 30.3 Å². The fourth-order valence-electron chi connectivity index (χ4n) is 2.13. The summed E-state index contributed by atoms with van der Waals surface area (Å²) in [7, 11) is 0. The minimum atomic E-state index is -0.365. The lowest BCUT2D eigenvalue weighted by Gasteiger charge is -2.03. The van der Waals surface area contributed by atoms with E-state index < -0.39 is 0 Å². The highest BCUT2D eigenvalue weighted by Crippen LogP contribution is 2.07. The van der Waals surface area contributed by atoms with Gasteiger partial charge in [0, 0.05) is 18.9 Å². The third-order valence-corrected chi connectivity index (χ3v) is 3.19. The number of fused-ring (bicyclic) bond motifs is 1. The van der Waals surface area contributed by atoms with E-state index in [4.69, 9.17) is 0 Å². The van der Waals surface area contributed by atoms with E-state index in [0.717, 1.165) is 12.0 Å². The molecular weight excluding hydrogens is 269 g/mol. The normalized spacial score (nSPS) is 10.7. The van der Waals surface area contributed by atoms with E-state index in [2.05, 4.69) is 10.3 Å². The summed E-state index contributed by atoms with van der Waals surface area (Å²) in [6.07, 6.45) is 3.58. The number of nitrogens with zero attached hydrogens (tertiary/aromatic N) is 2. The highest BCUT2D eigenvalue weighted by atomic mass is 19.1. The number of carbonyl (C=O) groups excluding carboxylic acids is 1. The zero-order chi connectivity index (χ0) is 14.7. The van der Waals surface area contributed by atoms with Crippen LogP contribution in [0.4, 0.5) is 4.39 Å². The van der Waals surface area contributed by atoms with Gasteiger partial charge in [-0.2, -0.15) is 0 Å². The Kier molecular flexibility index (Phi) is 3.64. The van der Waals surface area contributed by atoms with Crippen LogP contribution in [-0.2, 0) is 6.42 Å². The smallest absolute Gasteiger partial charge is 0.271 e. The molecule has 2 heterocycles. The maximum absolute atomic E-state index is 13.1. The van der Waals surface area contributed by atoms with E-state index in [1.165, 1.54) is 28.9 Å². The van der Waals surface area contributed by atoms with E-state index >= 15 is 0 Å². The molecule has 0 aliphatic heterocycles. The fraction of sp³-hybridized carbons (Fsp3) is 0.125. The number of hydrogen-bond donors (Lipinski definition) is 1. The second kappa shape index (κ2) is 5.75. The molecule has 4 nitrogen and oxygen atoms in total. The molecule has 0 spiro atoms. The summed E-state index contributed by atoms with van der Waals surface area (Å²) in [6, 6.07) is 12.8. The molecule has 2 aromatic heterocycles. The molecule has 0 fully saturated rings. The minimum absolute atomic E-state index is 0.255. The Balaban J connectivity index is 1.64. The van der Waals surface area contributed by atoms with Gasteiger partial charge in [-0.3, -0.25) is 4.79 Å². The van der Waals surface area contributed by atoms with Crippen LogP contribution < -0.4 is 5.32 Å². The molecule has 3 aromatic rings. The van der Waals surface area contributed by atoms with Crippen LogP contribution in [0.15, 0.2) is 54.9 Å². The van der Waals surface area contributed by atoms with Gasteiger partial charge in [0.15, 0.2) is 0 Å². The summed E-state index contributed by atoms with van der Waals surface area (Å²) >= 11 is 0. The number of imidazole rings is 1. The molecule has 1 amide bonds. The first-order chi connectivity index (χ1) is 10.2. The molecule has 0 atom stereocenters. The van der Waals surface area contributed by atoms with Crippen molar-refractivity contribution in [1.29, 1.82) is 0 Å². The SMILES string of the molecule is O=C(NCCc1ccccc1)c1cn2cc(F)ccc2n1. The van der Waals surface area contributed by atoms with Crippen molar-refractivity contribution in [3.8, 4) is 0 Å². The molecule has 0 saturated carbocycles. The maximum atomic E-state index is 13.1. The average Bonchev–Trinajstić information content (AvgIpc) is 2.91. The summed E-state index contributed by atoms with van der Waals surface area (Å²) in [5, 5.41) is 2.81. The molecule has 1 N–H and O–H groups in total. The van der Waals surface area contributed by atoms with E-state index in [1.807, 2.05) is 30.3 Å². The molecule has 5 heteroatoms. The Labute approximate surface area is 121 Å². The largest absolute Gasteiger partial charge is 0.350 e. The molecular formula is C16H14FN3O. The molecule has 3 rings (SSSR count). The topological polar surface area (TPSA) is 46.4 Å². The van der Waals surface area contributed by atoms with E-state index in [-0.39, 0.29) is 17.4 Å². The third-order valence-electron chi connectivity index (χ3n) is 3.19. The number of aromatic nitrogens is 2. The third kappa shape index (κ3) is 3.08. The summed E-state index contributed by atoms with van der Waals surface area (Å²) in [5.41, 5.74) is 1.99. The van der Waals surface area contributed by atoms with Crippen LogP contribution in [0.25, 0.3) is 5.65 Å². The second-order valence-corrected chi connectivity index (χ2v) is 4.73. The zero-order valence-electron chi connectivity index (χ0n) is 11.3. The van der Waals surface area contributed by atoms with Crippen molar-refractivity contribution >= 4 is 11.6 Å². The van der Waals surface area contributed by atoms with Crippen molar-refractivity contribution in [3.05, 3.63) is 71.9 Å². The Morgan fingerprint density at radius 1 is 1.14 bits per heavy atom. The number of hydrogen-bond acceptors (Lipinski definition) is 2. The van der Waals surface area contributed by atoms with Gasteiger partial charge in [0.2, 0.25) is 0 Å². The van der Waals surface area contributed by atoms with E-state index in [1.54, 1.807) is 0 Å². The Hall–Kier alpha value is -2.69. The number of amides is 1. The molecule has 106 valence electrons. The molecule has 0 saturated heterocycles. The highest BCUT2D eigenvalue weighted by molar-refractivity contribution is 5.92. The number of nitrogens with one attached hydrogen (secondary N) is 1. The first-order valence-corrected chi connectivity index (χ1v) is 6.69. The summed E-state index contributed by atoms with van der Waals surface area (Å²) in [5.74, 6) is -0.619. The minimum Gasteiger partial charge on any atom is -0.350 e. The van der Waals surface area contributed by atoms with Gasteiger partial charge in [0.1, 0.15) is 17.2 Å². The first-order valence-electron chi connectivity index (χ1n) is 6.69. The highest BCUT2D eigenvalue weighted by Gasteiger charge is 2.10. The van der Waals surface area contributed by atoms with Crippen LogP contribution in [0, 0.1) is 5.82 Å². The number of halogens is 1. The average molecular weight is 283 g/mol. The summed E-state index contributed by atoms with van der Waals surface area (Å²) in [6.45, 7) is 0.533. The van der Waals surface area contributed by atoms with Crippen molar-refractivity contribution in [2.75, 3.05) is 6.54 Å². The van der Waals surface area contributed by atoms with Gasteiger partial charge in [0.25, 0.3) is 5.91 Å². The van der Waals surface area contributed by atoms with Gasteiger partial charge < -0.3 is 9.72 Å². The van der Waals surface area contributed by atoms with Crippen molar-refractivity contribution in [2.24, 2.45) is 0 Å². The number of pyridine rings is 1. The van der Waals surface area contributed by atoms with Gasteiger partial charge in [-0.05, 0) is 24.1 Å². The number of rotatable bonds is 4. The van der Waals surface area contributed by atoms with Crippen molar-refractivity contribution in [3.63, 3.8) is 0 Å². The standard InChI is InChI=1S/C16H14FN3O/c17-13-6-7-15-19-14(11-20(15)10-13)16(21)18-9-8-12-4-2-1-3-5-12/h1-7,10-11H,8-9H2,(H,18,21). The maximum Gasteiger partial charge on any atom is 0.271 e. The van der Waals surface area contributed by atoms with Crippen LogP contribution in [0.5, 0.6) is 0 Å². The van der Waals surface area contributed by atoms with Gasteiger partial charge in [-0.25, -0.2) is 9.37 Å². The first kappa shape index (κ1) is 13.3. The second-order valence-electron chi connectivity index (χ2n) is 4.73. The van der Waals surface area contributed by atoms with Crippen molar-refractivity contribution in [1.82, 2.24) is 14.7 Å².